The molecule has 0 spiro atoms. The van der Waals surface area contributed by atoms with E-state index in [1.165, 1.54) is 0 Å². The van der Waals surface area contributed by atoms with Crippen LogP contribution in [0, 0.1) is 0 Å². The molecule has 0 atom stereocenters. The molecule has 0 amide bonds. The van der Waals surface area contributed by atoms with Gasteiger partial charge in [0.2, 0.25) is 0 Å². The first-order valence-corrected chi connectivity index (χ1v) is 10.2. The van der Waals surface area contributed by atoms with Crippen LogP contribution < -0.4 is 16.8 Å². The first-order valence-electron chi connectivity index (χ1n) is 2.47. The van der Waals surface area contributed by atoms with Gasteiger partial charge in [-0.25, -0.2) is 0 Å². The van der Waals surface area contributed by atoms with E-state index in [4.69, 9.17) is 62.8 Å². The molecule has 0 aliphatic carbocycles. The Kier molecular flexibility index (Phi) is 20.0. The van der Waals surface area contributed by atoms with Crippen molar-refractivity contribution >= 4 is 0 Å². The van der Waals surface area contributed by atoms with E-state index in [0.29, 0.717) is 0 Å². The Morgan fingerprint density at radius 3 is 0.333 bits per heavy atom. The summed E-state index contributed by atoms with van der Waals surface area (Å²) in [5.41, 5.74) is 0. The summed E-state index contributed by atoms with van der Waals surface area (Å²) in [6, 6.07) is 0. The van der Waals surface area contributed by atoms with E-state index in [-0.39, 0.29) is 21.1 Å². The van der Waals surface area contributed by atoms with Crippen LogP contribution in [0.4, 0.5) is 0 Å². The van der Waals surface area contributed by atoms with Gasteiger partial charge in [0.1, 0.15) is 0 Å². The predicted molar refractivity (Wildman–Crippen MR) is 8.24 cm³/mol. The minimum absolute atomic E-state index is 0. The van der Waals surface area contributed by atoms with Gasteiger partial charge in [0.25, 0.3) is 0 Å². The molecule has 0 unspecified atom stereocenters. The van der Waals surface area contributed by atoms with Crippen molar-refractivity contribution in [2.75, 3.05) is 0 Å². The van der Waals surface area contributed by atoms with Crippen LogP contribution >= 0.6 is 0 Å². The fraction of sp³-hybridized carbons (Fsp3) is 0. The van der Waals surface area contributed by atoms with Crippen molar-refractivity contribution in [1.29, 1.82) is 0 Å². The Morgan fingerprint density at radius 1 is 0.333 bits per heavy atom. The molecule has 0 aromatic carbocycles. The maximum atomic E-state index is 8.58. The first kappa shape index (κ1) is 33.0. The van der Waals surface area contributed by atoms with E-state index in [2.05, 4.69) is 0 Å². The smallest absolute Gasteiger partial charge is 0 e. The summed E-state index contributed by atoms with van der Waals surface area (Å²) >= 11 is -22.5. The second-order valence-electron chi connectivity index (χ2n) is 1.51. The van der Waals surface area contributed by atoms with Crippen molar-refractivity contribution in [1.82, 2.24) is 0 Å². The summed E-state index contributed by atoms with van der Waals surface area (Å²) in [5, 5.41) is 0. The van der Waals surface area contributed by atoms with Gasteiger partial charge in [-0.05, 0) is 0 Å². The predicted octanol–water partition coefficient (Wildman–Crippen LogP) is -6.19. The van der Waals surface area contributed by atoms with Crippen LogP contribution in [-0.2, 0) is 119 Å². The molecule has 0 saturated carbocycles. The van der Waals surface area contributed by atoms with Crippen LogP contribution in [0.25, 0.3) is 0 Å². The molecule has 0 aromatic rings. The molecule has 0 radical (unpaired) electrons. The first-order chi connectivity index (χ1) is 8.00. The Morgan fingerprint density at radius 2 is 0.333 bits per heavy atom. The van der Waals surface area contributed by atoms with Crippen LogP contribution in [0.5, 0.6) is 0 Å². The molecule has 0 rings (SSSR count). The van der Waals surface area contributed by atoms with E-state index in [1.807, 2.05) is 0 Å². The largest absolute Gasteiger partial charge is 0 e. The third kappa shape index (κ3) is 157000. The average molecular weight is 660 g/mol. The Labute approximate surface area is 135 Å². The molecule has 0 aromatic heterocycles. The molecule has 0 aliphatic rings. The fourth-order valence-corrected chi connectivity index (χ4v) is 0. The molecule has 0 fully saturated rings. The van der Waals surface area contributed by atoms with Gasteiger partial charge in [-0.15, -0.1) is 0 Å². The third-order valence-electron chi connectivity index (χ3n) is 0. The van der Waals surface area contributed by atoms with Crippen molar-refractivity contribution in [2.45, 2.75) is 0 Å². The molecular weight excluding hydrogens is 660 g/mol. The maximum Gasteiger partial charge on any atom is 0 e. The van der Waals surface area contributed by atoms with Gasteiger partial charge < -0.3 is 0 Å². The zero-order chi connectivity index (χ0) is 18.0. The molecule has 0 heterocycles. The average Bonchev–Trinajstić information content (AvgIpc) is 1.62. The van der Waals surface area contributed by atoms with Crippen molar-refractivity contribution in [2.24, 2.45) is 0 Å². The van der Waals surface area contributed by atoms with E-state index >= 15 is 0 Å². The van der Waals surface area contributed by atoms with E-state index in [1.54, 1.807) is 0 Å². The molecule has 0 N–H and O–H groups in total. The summed E-state index contributed by atoms with van der Waals surface area (Å²) in [6.45, 7) is 0. The fourth-order valence-electron chi connectivity index (χ4n) is 0. The van der Waals surface area contributed by atoms with Crippen LogP contribution in [-0.4, -0.2) is 0 Å². The van der Waals surface area contributed by atoms with Crippen molar-refractivity contribution < 1.29 is 136 Å². The van der Waals surface area contributed by atoms with Crippen LogP contribution in [0.15, 0.2) is 0 Å². The third-order valence-corrected chi connectivity index (χ3v) is 0. The van der Waals surface area contributed by atoms with Gasteiger partial charge >= 0.3 is 115 Å². The molecule has 0 bridgehead atoms. The Bertz CT molecular complexity index is 673. The SMILES string of the molecule is [O]=[Mn](=[O])(=[O])[O-].[O]=[Mn](=[O])(=[O])[O-].[O]=[Mn](=[O])(=[O])[O-].[O]=[Mn](=[O])(=[O])[O-].[W]. The van der Waals surface area contributed by atoms with Gasteiger partial charge in [0.05, 0.1) is 0 Å². The molecule has 21 heavy (non-hydrogen) atoms. The van der Waals surface area contributed by atoms with Crippen molar-refractivity contribution in [3.05, 3.63) is 0 Å². The number of hydrogen-bond acceptors (Lipinski definition) is 16. The molecule has 134 valence electrons. The minimum atomic E-state index is -5.62. The van der Waals surface area contributed by atoms with Crippen LogP contribution in [0.2, 0.25) is 0 Å². The normalized spacial score (nSPS) is 10.9. The number of rotatable bonds is 0. The maximum absolute atomic E-state index is 8.58. The van der Waals surface area contributed by atoms with Gasteiger partial charge in [-0.2, -0.15) is 0 Å². The molecule has 21 heteroatoms. The van der Waals surface area contributed by atoms with Crippen molar-refractivity contribution in [3.63, 3.8) is 0 Å². The quantitative estimate of drug-likeness (QED) is 0.218. The molecule has 0 aliphatic heterocycles. The van der Waals surface area contributed by atoms with Crippen LogP contribution in [0.1, 0.15) is 0 Å². The van der Waals surface area contributed by atoms with E-state index in [9.17, 15) is 0 Å². The van der Waals surface area contributed by atoms with Crippen LogP contribution in [0.3, 0.4) is 0 Å². The second-order valence-corrected chi connectivity index (χ2v) is 6.23. The topological polar surface area (TPSA) is 297 Å². The molecule has 0 saturated heterocycles. The standard InChI is InChI=1S/4Mn.16O.W/q;;;;;;;;;;;;;;;;4*-1;. The Balaban J connectivity index is -0.0000000533. The zero-order valence-corrected chi connectivity index (χ0v) is 16.1. The van der Waals surface area contributed by atoms with Gasteiger partial charge in [-0.3, -0.25) is 0 Å². The van der Waals surface area contributed by atoms with Gasteiger partial charge in [0.15, 0.2) is 0 Å². The monoisotopic (exact) mass is 660 g/mol. The summed E-state index contributed by atoms with van der Waals surface area (Å²) in [5.74, 6) is 0. The summed E-state index contributed by atoms with van der Waals surface area (Å²) in [7, 11) is 0. The summed E-state index contributed by atoms with van der Waals surface area (Å²) in [4.78, 5) is 0. The van der Waals surface area contributed by atoms with Crippen molar-refractivity contribution in [3.8, 4) is 0 Å². The number of hydrogen-bond donors (Lipinski definition) is 0. The zero-order valence-electron chi connectivity index (χ0n) is 8.45. The Hall–Kier alpha value is 0.206. The summed E-state index contributed by atoms with van der Waals surface area (Å²) in [6.07, 6.45) is 0. The second kappa shape index (κ2) is 12.7. The molecule has 16 nitrogen and oxygen atoms in total. The summed E-state index contributed by atoms with van der Waals surface area (Å²) < 4.78 is 137. The van der Waals surface area contributed by atoms with Gasteiger partial charge in [0, 0.05) is 21.1 Å². The van der Waals surface area contributed by atoms with Gasteiger partial charge in [-0.1, -0.05) is 0 Å². The van der Waals surface area contributed by atoms with E-state index < -0.39 is 51.9 Å². The van der Waals surface area contributed by atoms with E-state index in [0.717, 1.165) is 0 Å². The molecular formula is Mn4O16W-4. The minimum Gasteiger partial charge on any atom is 0 e.